The van der Waals surface area contributed by atoms with Crippen molar-refractivity contribution >= 4 is 40.0 Å². The third-order valence-electron chi connectivity index (χ3n) is 3.77. The lowest BCUT2D eigenvalue weighted by Gasteiger charge is -2.04. The molecule has 0 unspecified atom stereocenters. The van der Waals surface area contributed by atoms with Gasteiger partial charge in [-0.1, -0.05) is 36.4 Å². The lowest BCUT2D eigenvalue weighted by molar-refractivity contribution is -0.115. The minimum absolute atomic E-state index is 0.0967. The van der Waals surface area contributed by atoms with E-state index in [0.717, 1.165) is 22.9 Å². The third kappa shape index (κ3) is 2.99. The lowest BCUT2D eigenvalue weighted by atomic mass is 10.1. The summed E-state index contributed by atoms with van der Waals surface area (Å²) in [4.78, 5) is 35.3. The molecule has 1 N–H and O–H groups in total. The van der Waals surface area contributed by atoms with Gasteiger partial charge in [0, 0.05) is 11.6 Å². The van der Waals surface area contributed by atoms with E-state index in [1.807, 2.05) is 6.07 Å². The molecule has 1 aliphatic heterocycles. The number of carbonyl (C=O) groups is 2. The second-order valence-electron chi connectivity index (χ2n) is 5.45. The number of carbonyl (C=O) groups excluding carboxylic acids is 2. The molecule has 1 aliphatic rings. The highest BCUT2D eigenvalue weighted by molar-refractivity contribution is 8.18. The zero-order valence-corrected chi connectivity index (χ0v) is 13.6. The first kappa shape index (κ1) is 15.4. The zero-order chi connectivity index (χ0) is 17.4. The van der Waals surface area contributed by atoms with Crippen LogP contribution in [0.4, 0.5) is 4.79 Å². The van der Waals surface area contributed by atoms with E-state index < -0.39 is 0 Å². The maximum absolute atomic E-state index is 12.2. The van der Waals surface area contributed by atoms with Gasteiger partial charge in [-0.15, -0.1) is 0 Å². The van der Waals surface area contributed by atoms with Crippen LogP contribution in [0.25, 0.3) is 28.4 Å². The van der Waals surface area contributed by atoms with Crippen LogP contribution >= 0.6 is 11.8 Å². The summed E-state index contributed by atoms with van der Waals surface area (Å²) in [5.41, 5.74) is 1.97. The fourth-order valence-electron chi connectivity index (χ4n) is 2.56. The second kappa shape index (κ2) is 6.07. The van der Waals surface area contributed by atoms with Gasteiger partial charge in [0.2, 0.25) is 0 Å². The highest BCUT2D eigenvalue weighted by atomic mass is 32.2. The highest BCUT2D eigenvalue weighted by Gasteiger charge is 2.24. The van der Waals surface area contributed by atoms with Crippen molar-refractivity contribution in [2.24, 2.45) is 0 Å². The minimum Gasteiger partial charge on any atom is -0.456 e. The van der Waals surface area contributed by atoms with E-state index in [1.165, 1.54) is 6.07 Å². The molecule has 1 aromatic heterocycles. The predicted octanol–water partition coefficient (Wildman–Crippen LogP) is 3.78. The number of thioether (sulfide) groups is 1. The number of rotatable bonds is 2. The molecule has 25 heavy (non-hydrogen) atoms. The summed E-state index contributed by atoms with van der Waals surface area (Å²) in [5.74, 6) is 0.0886. The lowest BCUT2D eigenvalue weighted by Crippen LogP contribution is -2.17. The van der Waals surface area contributed by atoms with Crippen LogP contribution in [0.5, 0.6) is 0 Å². The topological polar surface area (TPSA) is 76.4 Å². The Morgan fingerprint density at radius 3 is 2.44 bits per heavy atom. The van der Waals surface area contributed by atoms with Gasteiger partial charge in [-0.05, 0) is 35.5 Å². The summed E-state index contributed by atoms with van der Waals surface area (Å²) in [6, 6.07) is 15.8. The Hall–Kier alpha value is -3.12. The number of benzene rings is 2. The number of hydrogen-bond acceptors (Lipinski definition) is 5. The van der Waals surface area contributed by atoms with E-state index in [1.54, 1.807) is 48.5 Å². The van der Waals surface area contributed by atoms with Crippen LogP contribution in [0.3, 0.4) is 0 Å². The number of para-hydroxylation sites is 1. The third-order valence-corrected chi connectivity index (χ3v) is 4.58. The molecule has 0 saturated carbocycles. The molecule has 1 saturated heterocycles. The first-order chi connectivity index (χ1) is 12.1. The Labute approximate surface area is 146 Å². The van der Waals surface area contributed by atoms with Crippen molar-refractivity contribution in [2.75, 3.05) is 0 Å². The van der Waals surface area contributed by atoms with E-state index >= 15 is 0 Å². The Morgan fingerprint density at radius 2 is 1.72 bits per heavy atom. The second-order valence-corrected chi connectivity index (χ2v) is 6.46. The SMILES string of the molecule is O=C1NC(=O)/C(=C/c2ccc(-c3cc(=O)c4ccccc4o3)cc2)S1. The molecule has 3 aromatic rings. The molecule has 0 radical (unpaired) electrons. The van der Waals surface area contributed by atoms with Crippen LogP contribution in [-0.2, 0) is 4.79 Å². The van der Waals surface area contributed by atoms with E-state index in [4.69, 9.17) is 4.42 Å². The summed E-state index contributed by atoms with van der Waals surface area (Å²) in [7, 11) is 0. The Kier molecular flexibility index (Phi) is 3.74. The van der Waals surface area contributed by atoms with Gasteiger partial charge in [0.25, 0.3) is 11.1 Å². The van der Waals surface area contributed by atoms with Crippen LogP contribution in [-0.4, -0.2) is 11.1 Å². The number of fused-ring (bicyclic) bond motifs is 1. The van der Waals surface area contributed by atoms with Crippen molar-refractivity contribution in [3.63, 3.8) is 0 Å². The fraction of sp³-hybridized carbons (Fsp3) is 0. The largest absolute Gasteiger partial charge is 0.456 e. The number of hydrogen-bond donors (Lipinski definition) is 1. The Bertz CT molecular complexity index is 1100. The number of nitrogens with one attached hydrogen (secondary N) is 1. The van der Waals surface area contributed by atoms with Gasteiger partial charge in [-0.3, -0.25) is 19.7 Å². The molecule has 4 rings (SSSR count). The highest BCUT2D eigenvalue weighted by Crippen LogP contribution is 2.27. The maximum Gasteiger partial charge on any atom is 0.290 e. The zero-order valence-electron chi connectivity index (χ0n) is 12.8. The normalized spacial score (nSPS) is 15.8. The van der Waals surface area contributed by atoms with Crippen LogP contribution in [0, 0.1) is 0 Å². The van der Waals surface area contributed by atoms with E-state index in [0.29, 0.717) is 21.6 Å². The molecule has 0 bridgehead atoms. The van der Waals surface area contributed by atoms with Crippen LogP contribution in [0.15, 0.2) is 68.7 Å². The van der Waals surface area contributed by atoms with Gasteiger partial charge in [0.15, 0.2) is 5.43 Å². The van der Waals surface area contributed by atoms with Crippen LogP contribution in [0.1, 0.15) is 5.56 Å². The van der Waals surface area contributed by atoms with E-state index in [9.17, 15) is 14.4 Å². The predicted molar refractivity (Wildman–Crippen MR) is 97.0 cm³/mol. The van der Waals surface area contributed by atoms with Crippen LogP contribution < -0.4 is 10.7 Å². The van der Waals surface area contributed by atoms with Gasteiger partial charge in [0.05, 0.1) is 10.3 Å². The molecule has 0 atom stereocenters. The molecule has 2 amide bonds. The molecular weight excluding hydrogens is 338 g/mol. The molecular formula is C19H11NO4S. The van der Waals surface area contributed by atoms with Gasteiger partial charge in [0.1, 0.15) is 11.3 Å². The fourth-order valence-corrected chi connectivity index (χ4v) is 3.24. The van der Waals surface area contributed by atoms with Crippen molar-refractivity contribution < 1.29 is 14.0 Å². The molecule has 0 aliphatic carbocycles. The number of imide groups is 1. The monoisotopic (exact) mass is 349 g/mol. The summed E-state index contributed by atoms with van der Waals surface area (Å²) in [6.45, 7) is 0. The smallest absolute Gasteiger partial charge is 0.290 e. The van der Waals surface area contributed by atoms with Crippen molar-refractivity contribution in [2.45, 2.75) is 0 Å². The molecule has 122 valence electrons. The van der Waals surface area contributed by atoms with E-state index in [2.05, 4.69) is 5.32 Å². The molecule has 0 spiro atoms. The van der Waals surface area contributed by atoms with Gasteiger partial charge >= 0.3 is 0 Å². The standard InChI is InChI=1S/C19H11NO4S/c21-14-10-16(24-15-4-2-1-3-13(14)15)12-7-5-11(6-8-12)9-17-18(22)20-19(23)25-17/h1-10H,(H,20,22,23)/b17-9-. The summed E-state index contributed by atoms with van der Waals surface area (Å²) >= 11 is 0.874. The van der Waals surface area contributed by atoms with E-state index in [-0.39, 0.29) is 16.6 Å². The maximum atomic E-state index is 12.2. The van der Waals surface area contributed by atoms with Crippen molar-refractivity contribution in [1.82, 2.24) is 5.32 Å². The van der Waals surface area contributed by atoms with Gasteiger partial charge in [-0.2, -0.15) is 0 Å². The molecule has 5 nitrogen and oxygen atoms in total. The Morgan fingerprint density at radius 1 is 0.960 bits per heavy atom. The van der Waals surface area contributed by atoms with Crippen molar-refractivity contribution in [3.8, 4) is 11.3 Å². The van der Waals surface area contributed by atoms with Gasteiger partial charge in [-0.25, -0.2) is 0 Å². The Balaban J connectivity index is 1.69. The van der Waals surface area contributed by atoms with Crippen LogP contribution in [0.2, 0.25) is 0 Å². The first-order valence-corrected chi connectivity index (χ1v) is 8.30. The summed E-state index contributed by atoms with van der Waals surface area (Å²) in [5, 5.41) is 2.39. The molecule has 2 aromatic carbocycles. The van der Waals surface area contributed by atoms with Crippen molar-refractivity contribution in [1.29, 1.82) is 0 Å². The summed E-state index contributed by atoms with van der Waals surface area (Å²) in [6.07, 6.45) is 1.64. The summed E-state index contributed by atoms with van der Waals surface area (Å²) < 4.78 is 5.80. The van der Waals surface area contributed by atoms with Crippen molar-refractivity contribution in [3.05, 3.63) is 75.3 Å². The average molecular weight is 349 g/mol. The molecule has 2 heterocycles. The number of amides is 2. The molecule has 6 heteroatoms. The minimum atomic E-state index is -0.389. The quantitative estimate of drug-likeness (QED) is 0.713. The van der Waals surface area contributed by atoms with Gasteiger partial charge < -0.3 is 4.42 Å². The average Bonchev–Trinajstić information content (AvgIpc) is 2.93. The first-order valence-electron chi connectivity index (χ1n) is 7.48. The molecule has 1 fully saturated rings.